The molecule has 1 atom stereocenters. The molecule has 0 heterocycles. The highest BCUT2D eigenvalue weighted by molar-refractivity contribution is 5.93. The summed E-state index contributed by atoms with van der Waals surface area (Å²) in [5.74, 6) is 0.599. The molecule has 5 nitrogen and oxygen atoms in total. The van der Waals surface area contributed by atoms with Gasteiger partial charge < -0.3 is 15.2 Å². The molecule has 3 rings (SSSR count). The van der Waals surface area contributed by atoms with Gasteiger partial charge in [-0.25, -0.2) is 0 Å². The van der Waals surface area contributed by atoms with Crippen molar-refractivity contribution in [3.8, 4) is 16.9 Å². The van der Waals surface area contributed by atoms with Gasteiger partial charge >= 0.3 is 0 Å². The van der Waals surface area contributed by atoms with Crippen LogP contribution in [-0.2, 0) is 4.79 Å². The number of likely N-dealkylation sites (N-methyl/N-ethyl adjacent to an activating group) is 1. The lowest BCUT2D eigenvalue weighted by Crippen LogP contribution is -2.38. The van der Waals surface area contributed by atoms with Crippen LogP contribution in [0.4, 0.5) is 5.69 Å². The average Bonchev–Trinajstić information content (AvgIpc) is 2.75. The molecule has 0 bridgehead atoms. The zero-order chi connectivity index (χ0) is 23.1. The van der Waals surface area contributed by atoms with E-state index in [1.54, 1.807) is 4.90 Å². The van der Waals surface area contributed by atoms with Crippen LogP contribution >= 0.6 is 0 Å². The van der Waals surface area contributed by atoms with Crippen molar-refractivity contribution in [1.82, 2.24) is 4.90 Å². The van der Waals surface area contributed by atoms with Crippen LogP contribution in [0.5, 0.6) is 5.75 Å². The van der Waals surface area contributed by atoms with E-state index in [4.69, 9.17) is 4.74 Å². The molecule has 5 heteroatoms. The molecule has 0 aliphatic carbocycles. The topological polar surface area (TPSA) is 61.8 Å². The number of nitrogens with zero attached hydrogens (tertiary/aromatic N) is 1. The minimum atomic E-state index is -0.704. The van der Waals surface area contributed by atoms with Gasteiger partial charge in [0.2, 0.25) is 5.91 Å². The molecule has 32 heavy (non-hydrogen) atoms. The van der Waals surface area contributed by atoms with Gasteiger partial charge in [-0.3, -0.25) is 9.69 Å². The zero-order valence-corrected chi connectivity index (χ0v) is 19.3. The van der Waals surface area contributed by atoms with Crippen molar-refractivity contribution in [3.05, 3.63) is 83.4 Å². The number of hydrogen-bond acceptors (Lipinski definition) is 4. The van der Waals surface area contributed by atoms with Crippen molar-refractivity contribution >= 4 is 11.6 Å². The van der Waals surface area contributed by atoms with Crippen molar-refractivity contribution in [1.29, 1.82) is 0 Å². The number of amides is 1. The molecule has 3 aromatic rings. The van der Waals surface area contributed by atoms with Crippen LogP contribution in [0, 0.1) is 20.8 Å². The normalized spacial score (nSPS) is 11.9. The third-order valence-electron chi connectivity index (χ3n) is 5.28. The predicted octanol–water partition coefficient (Wildman–Crippen LogP) is 4.59. The summed E-state index contributed by atoms with van der Waals surface area (Å²) in [5, 5.41) is 13.3. The Bertz CT molecular complexity index is 1010. The van der Waals surface area contributed by atoms with E-state index < -0.39 is 6.10 Å². The van der Waals surface area contributed by atoms with Gasteiger partial charge in [0.25, 0.3) is 0 Å². The summed E-state index contributed by atoms with van der Waals surface area (Å²) in [6.07, 6.45) is -0.704. The Hall–Kier alpha value is -3.15. The van der Waals surface area contributed by atoms with Crippen molar-refractivity contribution in [3.63, 3.8) is 0 Å². The number of anilines is 1. The Kier molecular flexibility index (Phi) is 8.03. The number of aryl methyl sites for hydroxylation is 3. The summed E-state index contributed by atoms with van der Waals surface area (Å²) in [7, 11) is 1.81. The van der Waals surface area contributed by atoms with Gasteiger partial charge in [0.05, 0.1) is 6.54 Å². The summed E-state index contributed by atoms with van der Waals surface area (Å²) in [5.41, 5.74) is 6.39. The Morgan fingerprint density at radius 1 is 0.969 bits per heavy atom. The van der Waals surface area contributed by atoms with Crippen LogP contribution in [0.15, 0.2) is 66.7 Å². The summed E-state index contributed by atoms with van der Waals surface area (Å²) in [6.45, 7) is 6.71. The minimum Gasteiger partial charge on any atom is -0.491 e. The molecule has 0 fully saturated rings. The third-order valence-corrected chi connectivity index (χ3v) is 5.28. The maximum atomic E-state index is 12.5. The first-order valence-electron chi connectivity index (χ1n) is 10.8. The number of carbonyl (C=O) groups is 1. The molecule has 0 saturated heterocycles. The Labute approximate surface area is 190 Å². The van der Waals surface area contributed by atoms with E-state index >= 15 is 0 Å². The smallest absolute Gasteiger partial charge is 0.238 e. The molecule has 0 spiro atoms. The van der Waals surface area contributed by atoms with Gasteiger partial charge in [0.15, 0.2) is 0 Å². The highest BCUT2D eigenvalue weighted by Crippen LogP contribution is 2.23. The zero-order valence-electron chi connectivity index (χ0n) is 19.3. The molecular formula is C27H32N2O3. The quantitative estimate of drug-likeness (QED) is 0.519. The van der Waals surface area contributed by atoms with E-state index in [2.05, 4.69) is 29.6 Å². The lowest BCUT2D eigenvalue weighted by atomic mass is 10.1. The number of hydrogen-bond donors (Lipinski definition) is 2. The van der Waals surface area contributed by atoms with Crippen LogP contribution in [0.3, 0.4) is 0 Å². The first-order chi connectivity index (χ1) is 15.3. The van der Waals surface area contributed by atoms with E-state index in [0.717, 1.165) is 27.9 Å². The van der Waals surface area contributed by atoms with Crippen LogP contribution < -0.4 is 10.1 Å². The van der Waals surface area contributed by atoms with Crippen molar-refractivity contribution in [2.45, 2.75) is 26.9 Å². The fraction of sp³-hybridized carbons (Fsp3) is 0.296. The minimum absolute atomic E-state index is 0.104. The Balaban J connectivity index is 1.44. The number of aliphatic hydroxyl groups is 1. The number of nitrogens with one attached hydrogen (secondary N) is 1. The number of aliphatic hydroxyl groups excluding tert-OH is 1. The number of ether oxygens (including phenoxy) is 1. The lowest BCUT2D eigenvalue weighted by molar-refractivity contribution is -0.117. The van der Waals surface area contributed by atoms with Gasteiger partial charge in [-0.15, -0.1) is 0 Å². The van der Waals surface area contributed by atoms with Gasteiger partial charge in [-0.05, 0) is 62.2 Å². The fourth-order valence-corrected chi connectivity index (χ4v) is 3.84. The van der Waals surface area contributed by atoms with E-state index in [1.165, 1.54) is 5.56 Å². The first kappa shape index (κ1) is 23.5. The van der Waals surface area contributed by atoms with Crippen molar-refractivity contribution < 1.29 is 14.6 Å². The van der Waals surface area contributed by atoms with E-state index in [0.29, 0.717) is 12.3 Å². The standard InChI is InChI=1S/C27H32N2O3/c1-19-14-20(2)27(21(3)15-19)28-26(31)17-29(4)16-24(30)18-32-25-12-10-23(11-13-25)22-8-6-5-7-9-22/h5-15,24,30H,16-18H2,1-4H3,(H,28,31)/t24-/m0/s1. The second kappa shape index (κ2) is 10.9. The maximum Gasteiger partial charge on any atom is 0.238 e. The number of carbonyl (C=O) groups excluding carboxylic acids is 1. The molecule has 1 amide bonds. The summed E-state index contributed by atoms with van der Waals surface area (Å²) >= 11 is 0. The maximum absolute atomic E-state index is 12.5. The van der Waals surface area contributed by atoms with Crippen LogP contribution in [0.2, 0.25) is 0 Å². The third kappa shape index (κ3) is 6.67. The molecule has 0 saturated carbocycles. The van der Waals surface area contributed by atoms with E-state index in [1.807, 2.05) is 70.3 Å². The second-order valence-corrected chi connectivity index (χ2v) is 8.37. The highest BCUT2D eigenvalue weighted by atomic mass is 16.5. The molecule has 168 valence electrons. The van der Waals surface area contributed by atoms with Crippen LogP contribution in [-0.4, -0.2) is 48.8 Å². The van der Waals surface area contributed by atoms with Gasteiger partial charge in [0.1, 0.15) is 18.5 Å². The molecule has 0 radical (unpaired) electrons. The lowest BCUT2D eigenvalue weighted by Gasteiger charge is -2.21. The highest BCUT2D eigenvalue weighted by Gasteiger charge is 2.14. The monoisotopic (exact) mass is 432 g/mol. The van der Waals surface area contributed by atoms with Gasteiger partial charge in [0, 0.05) is 12.2 Å². The molecule has 0 unspecified atom stereocenters. The largest absolute Gasteiger partial charge is 0.491 e. The van der Waals surface area contributed by atoms with Gasteiger partial charge in [-0.1, -0.05) is 60.2 Å². The molecule has 0 aromatic heterocycles. The van der Waals surface area contributed by atoms with Crippen LogP contribution in [0.25, 0.3) is 11.1 Å². The number of benzene rings is 3. The van der Waals surface area contributed by atoms with Crippen molar-refractivity contribution in [2.75, 3.05) is 32.1 Å². The Morgan fingerprint density at radius 2 is 1.56 bits per heavy atom. The second-order valence-electron chi connectivity index (χ2n) is 8.37. The first-order valence-corrected chi connectivity index (χ1v) is 10.8. The van der Waals surface area contributed by atoms with Gasteiger partial charge in [-0.2, -0.15) is 0 Å². The van der Waals surface area contributed by atoms with Crippen LogP contribution in [0.1, 0.15) is 16.7 Å². The summed E-state index contributed by atoms with van der Waals surface area (Å²) in [6, 6.07) is 22.1. The summed E-state index contributed by atoms with van der Waals surface area (Å²) < 4.78 is 5.73. The fourth-order valence-electron chi connectivity index (χ4n) is 3.84. The molecule has 0 aliphatic rings. The summed E-state index contributed by atoms with van der Waals surface area (Å²) in [4.78, 5) is 14.2. The number of rotatable bonds is 9. The average molecular weight is 433 g/mol. The van der Waals surface area contributed by atoms with Crippen molar-refractivity contribution in [2.24, 2.45) is 0 Å². The predicted molar refractivity (Wildman–Crippen MR) is 130 cm³/mol. The van der Waals surface area contributed by atoms with E-state index in [-0.39, 0.29) is 19.1 Å². The molecule has 0 aliphatic heterocycles. The molecule has 2 N–H and O–H groups in total. The SMILES string of the molecule is Cc1cc(C)c(NC(=O)CN(C)C[C@H](O)COc2ccc(-c3ccccc3)cc2)c(C)c1. The van der Waals surface area contributed by atoms with E-state index in [9.17, 15) is 9.90 Å². The Morgan fingerprint density at radius 3 is 2.19 bits per heavy atom. The molecule has 3 aromatic carbocycles. The molecular weight excluding hydrogens is 400 g/mol.